The molecular weight excluding hydrogens is 373 g/mol. The van der Waals surface area contributed by atoms with Gasteiger partial charge in [0.25, 0.3) is 5.91 Å². The number of H-pyrrole nitrogens is 1. The number of halogens is 3. The fraction of sp³-hybridized carbons (Fsp3) is 0.150. The standard InChI is InChI=1S/C20H17F3N2O3/c1-2-24-19(28)16-10-17(11-3-5-13(6-4-11)20(21,22)23)25-18(16)12-7-14(26)9-15(27)8-12/h3-10,25-27H,2H2,1H3,(H,24,28). The van der Waals surface area contributed by atoms with Crippen molar-refractivity contribution in [1.82, 2.24) is 10.3 Å². The smallest absolute Gasteiger partial charge is 0.416 e. The lowest BCUT2D eigenvalue weighted by atomic mass is 10.1. The van der Waals surface area contributed by atoms with E-state index in [0.717, 1.165) is 18.2 Å². The molecule has 3 aromatic rings. The molecular formula is C20H17F3N2O3. The quantitative estimate of drug-likeness (QED) is 0.528. The molecule has 1 aromatic heterocycles. The minimum atomic E-state index is -4.44. The first-order valence-corrected chi connectivity index (χ1v) is 8.41. The first-order chi connectivity index (χ1) is 13.2. The minimum absolute atomic E-state index is 0.192. The van der Waals surface area contributed by atoms with Crippen molar-refractivity contribution in [3.05, 3.63) is 59.7 Å². The number of carbonyl (C=O) groups is 1. The van der Waals surface area contributed by atoms with Crippen LogP contribution in [0.5, 0.6) is 11.5 Å². The topological polar surface area (TPSA) is 85.4 Å². The number of aromatic nitrogens is 1. The lowest BCUT2D eigenvalue weighted by Gasteiger charge is -2.07. The normalized spacial score (nSPS) is 11.4. The number of rotatable bonds is 4. The van der Waals surface area contributed by atoms with Crippen LogP contribution in [-0.4, -0.2) is 27.6 Å². The summed E-state index contributed by atoms with van der Waals surface area (Å²) in [5.41, 5.74) is 1.03. The molecule has 0 aliphatic rings. The summed E-state index contributed by atoms with van der Waals surface area (Å²) in [6.45, 7) is 2.13. The average Bonchev–Trinajstić information content (AvgIpc) is 3.06. The summed E-state index contributed by atoms with van der Waals surface area (Å²) in [6.07, 6.45) is -4.44. The molecule has 0 spiro atoms. The van der Waals surface area contributed by atoms with Crippen molar-refractivity contribution in [2.45, 2.75) is 13.1 Å². The Balaban J connectivity index is 2.10. The van der Waals surface area contributed by atoms with Crippen molar-refractivity contribution >= 4 is 5.91 Å². The average molecular weight is 390 g/mol. The number of aromatic amines is 1. The SMILES string of the molecule is CCNC(=O)c1cc(-c2ccc(C(F)(F)F)cc2)[nH]c1-c1cc(O)cc(O)c1. The Morgan fingerprint density at radius 1 is 1.00 bits per heavy atom. The number of hydrogen-bond acceptors (Lipinski definition) is 3. The molecule has 1 heterocycles. The Labute approximate surface area is 158 Å². The number of aromatic hydroxyl groups is 2. The molecule has 0 fully saturated rings. The van der Waals surface area contributed by atoms with Crippen LogP contribution in [0.1, 0.15) is 22.8 Å². The largest absolute Gasteiger partial charge is 0.508 e. The van der Waals surface area contributed by atoms with Gasteiger partial charge in [0.2, 0.25) is 0 Å². The predicted octanol–water partition coefficient (Wildman–Crippen LogP) is 4.53. The van der Waals surface area contributed by atoms with Gasteiger partial charge in [-0.3, -0.25) is 4.79 Å². The molecule has 0 saturated heterocycles. The summed E-state index contributed by atoms with van der Waals surface area (Å²) in [5.74, 6) is -0.778. The Bertz CT molecular complexity index is 988. The van der Waals surface area contributed by atoms with Gasteiger partial charge in [-0.05, 0) is 42.8 Å². The highest BCUT2D eigenvalue weighted by Crippen LogP contribution is 2.35. The van der Waals surface area contributed by atoms with Crippen LogP contribution in [0, 0.1) is 0 Å². The molecule has 0 radical (unpaired) electrons. The summed E-state index contributed by atoms with van der Waals surface area (Å²) in [7, 11) is 0. The monoisotopic (exact) mass is 390 g/mol. The highest BCUT2D eigenvalue weighted by molar-refractivity contribution is 6.02. The Kier molecular flexibility index (Phi) is 5.04. The van der Waals surface area contributed by atoms with Crippen LogP contribution in [0.3, 0.4) is 0 Å². The van der Waals surface area contributed by atoms with Crippen LogP contribution in [0.15, 0.2) is 48.5 Å². The maximum atomic E-state index is 12.8. The molecule has 0 aliphatic heterocycles. The van der Waals surface area contributed by atoms with Crippen LogP contribution >= 0.6 is 0 Å². The van der Waals surface area contributed by atoms with E-state index in [4.69, 9.17) is 0 Å². The van der Waals surface area contributed by atoms with Gasteiger partial charge in [0.15, 0.2) is 0 Å². The summed E-state index contributed by atoms with van der Waals surface area (Å²) in [6, 6.07) is 9.93. The molecule has 0 atom stereocenters. The van der Waals surface area contributed by atoms with E-state index in [1.54, 1.807) is 6.92 Å². The number of benzene rings is 2. The van der Waals surface area contributed by atoms with Gasteiger partial charge in [-0.15, -0.1) is 0 Å². The molecule has 0 unspecified atom stereocenters. The molecule has 0 saturated carbocycles. The molecule has 5 nitrogen and oxygen atoms in total. The summed E-state index contributed by atoms with van der Waals surface area (Å²) >= 11 is 0. The van der Waals surface area contributed by atoms with E-state index in [9.17, 15) is 28.2 Å². The van der Waals surface area contributed by atoms with Crippen molar-refractivity contribution < 1.29 is 28.2 Å². The number of carbonyl (C=O) groups excluding carboxylic acids is 1. The first-order valence-electron chi connectivity index (χ1n) is 8.41. The number of alkyl halides is 3. The zero-order chi connectivity index (χ0) is 20.5. The van der Waals surface area contributed by atoms with E-state index in [-0.39, 0.29) is 17.1 Å². The molecule has 8 heteroatoms. The van der Waals surface area contributed by atoms with Gasteiger partial charge in [-0.2, -0.15) is 13.2 Å². The van der Waals surface area contributed by atoms with Crippen molar-refractivity contribution in [2.75, 3.05) is 6.54 Å². The molecule has 0 aliphatic carbocycles. The number of phenolic OH excluding ortho intramolecular Hbond substituents is 2. The van der Waals surface area contributed by atoms with Gasteiger partial charge in [0, 0.05) is 23.9 Å². The zero-order valence-electron chi connectivity index (χ0n) is 14.8. The maximum Gasteiger partial charge on any atom is 0.416 e. The summed E-state index contributed by atoms with van der Waals surface area (Å²) in [4.78, 5) is 15.4. The second kappa shape index (κ2) is 7.30. The van der Waals surface area contributed by atoms with Crippen molar-refractivity contribution in [2.24, 2.45) is 0 Å². The summed E-state index contributed by atoms with van der Waals surface area (Å²) in [5, 5.41) is 22.1. The van der Waals surface area contributed by atoms with Crippen molar-refractivity contribution in [3.8, 4) is 34.0 Å². The highest BCUT2D eigenvalue weighted by atomic mass is 19.4. The Hall–Kier alpha value is -3.42. The molecule has 2 aromatic carbocycles. The van der Waals surface area contributed by atoms with Gasteiger partial charge in [-0.25, -0.2) is 0 Å². The molecule has 3 rings (SSSR count). The van der Waals surface area contributed by atoms with E-state index in [1.165, 1.54) is 30.3 Å². The van der Waals surface area contributed by atoms with Crippen LogP contribution < -0.4 is 5.32 Å². The predicted molar refractivity (Wildman–Crippen MR) is 98.0 cm³/mol. The van der Waals surface area contributed by atoms with E-state index < -0.39 is 17.6 Å². The number of amides is 1. The second-order valence-electron chi connectivity index (χ2n) is 6.14. The van der Waals surface area contributed by atoms with Crippen molar-refractivity contribution in [3.63, 3.8) is 0 Å². The Morgan fingerprint density at radius 3 is 2.14 bits per heavy atom. The third-order valence-electron chi connectivity index (χ3n) is 4.11. The Morgan fingerprint density at radius 2 is 1.61 bits per heavy atom. The molecule has 28 heavy (non-hydrogen) atoms. The fourth-order valence-electron chi connectivity index (χ4n) is 2.85. The van der Waals surface area contributed by atoms with Crippen LogP contribution in [-0.2, 0) is 6.18 Å². The molecule has 146 valence electrons. The van der Waals surface area contributed by atoms with Gasteiger partial charge in [0.05, 0.1) is 16.8 Å². The third kappa shape index (κ3) is 3.95. The lowest BCUT2D eigenvalue weighted by molar-refractivity contribution is -0.137. The van der Waals surface area contributed by atoms with E-state index >= 15 is 0 Å². The summed E-state index contributed by atoms with van der Waals surface area (Å²) < 4.78 is 38.3. The first kappa shape index (κ1) is 19.3. The number of phenols is 2. The van der Waals surface area contributed by atoms with Gasteiger partial charge >= 0.3 is 6.18 Å². The minimum Gasteiger partial charge on any atom is -0.508 e. The highest BCUT2D eigenvalue weighted by Gasteiger charge is 2.30. The molecule has 0 bridgehead atoms. The van der Waals surface area contributed by atoms with Gasteiger partial charge in [0.1, 0.15) is 11.5 Å². The van der Waals surface area contributed by atoms with E-state index in [1.807, 2.05) is 0 Å². The van der Waals surface area contributed by atoms with E-state index in [2.05, 4.69) is 10.3 Å². The molecule has 1 amide bonds. The van der Waals surface area contributed by atoms with Gasteiger partial charge in [-0.1, -0.05) is 12.1 Å². The lowest BCUT2D eigenvalue weighted by Crippen LogP contribution is -2.22. The van der Waals surface area contributed by atoms with Crippen LogP contribution in [0.4, 0.5) is 13.2 Å². The second-order valence-corrected chi connectivity index (χ2v) is 6.14. The van der Waals surface area contributed by atoms with Gasteiger partial charge < -0.3 is 20.5 Å². The fourth-order valence-corrected chi connectivity index (χ4v) is 2.85. The van der Waals surface area contributed by atoms with Crippen molar-refractivity contribution in [1.29, 1.82) is 0 Å². The van der Waals surface area contributed by atoms with Crippen LogP contribution in [0.25, 0.3) is 22.5 Å². The number of hydrogen-bond donors (Lipinski definition) is 4. The third-order valence-corrected chi connectivity index (χ3v) is 4.11. The zero-order valence-corrected chi connectivity index (χ0v) is 14.8. The number of nitrogens with one attached hydrogen (secondary N) is 2. The maximum absolute atomic E-state index is 12.8. The van der Waals surface area contributed by atoms with Crippen LogP contribution in [0.2, 0.25) is 0 Å². The molecule has 4 N–H and O–H groups in total. The van der Waals surface area contributed by atoms with E-state index in [0.29, 0.717) is 29.1 Å².